The summed E-state index contributed by atoms with van der Waals surface area (Å²) in [6.45, 7) is 3.01. The Hall–Kier alpha value is -1.58. The normalized spacial score (nSPS) is 16.1. The van der Waals surface area contributed by atoms with Crippen molar-refractivity contribution < 1.29 is 0 Å². The number of hydrogen-bond donors (Lipinski definition) is 1. The zero-order valence-electron chi connectivity index (χ0n) is 8.77. The Morgan fingerprint density at radius 2 is 2.33 bits per heavy atom. The number of hydrogen-bond acceptors (Lipinski definition) is 3. The van der Waals surface area contributed by atoms with Gasteiger partial charge in [0.1, 0.15) is 5.52 Å². The largest absolute Gasteiger partial charge is 0.369 e. The van der Waals surface area contributed by atoms with Crippen LogP contribution in [0.25, 0.3) is 11.2 Å². The molecule has 0 radical (unpaired) electrons. The number of nitrogens with two attached hydrogens (primary N) is 1. The number of nitrogen functional groups attached to an aromatic ring is 1. The molecule has 0 bridgehead atoms. The van der Waals surface area contributed by atoms with Gasteiger partial charge < -0.3 is 5.73 Å². The van der Waals surface area contributed by atoms with Gasteiger partial charge in [-0.2, -0.15) is 0 Å². The molecule has 1 aliphatic carbocycles. The number of pyridine rings is 1. The Balaban J connectivity index is 2.18. The molecule has 2 aromatic heterocycles. The maximum Gasteiger partial charge on any atom is 0.202 e. The van der Waals surface area contributed by atoms with E-state index in [0.717, 1.165) is 29.2 Å². The zero-order chi connectivity index (χ0) is 10.4. The predicted octanol–water partition coefficient (Wildman–Crippen LogP) is 1.73. The standard InChI is InChI=1S/C11H14N4/c1-7-4-5-13-10-9(7)14-11(12)15(10)6-8-2-3-8/h4-5,8H,2-3,6H2,1H3,(H2,12,14). The van der Waals surface area contributed by atoms with Crippen LogP contribution < -0.4 is 5.73 Å². The molecule has 2 N–H and O–H groups in total. The summed E-state index contributed by atoms with van der Waals surface area (Å²) in [5.41, 5.74) is 8.92. The van der Waals surface area contributed by atoms with Crippen molar-refractivity contribution in [1.82, 2.24) is 14.5 Å². The first kappa shape index (κ1) is 8.71. The van der Waals surface area contributed by atoms with Gasteiger partial charge >= 0.3 is 0 Å². The monoisotopic (exact) mass is 202 g/mol. The van der Waals surface area contributed by atoms with Crippen molar-refractivity contribution >= 4 is 17.1 Å². The summed E-state index contributed by atoms with van der Waals surface area (Å²) in [6, 6.07) is 1.97. The molecule has 4 heteroatoms. The summed E-state index contributed by atoms with van der Waals surface area (Å²) in [6.07, 6.45) is 4.44. The van der Waals surface area contributed by atoms with Crippen LogP contribution in [0, 0.1) is 12.8 Å². The number of fused-ring (bicyclic) bond motifs is 1. The van der Waals surface area contributed by atoms with Crippen molar-refractivity contribution in [3.63, 3.8) is 0 Å². The van der Waals surface area contributed by atoms with E-state index >= 15 is 0 Å². The zero-order valence-corrected chi connectivity index (χ0v) is 8.77. The summed E-state index contributed by atoms with van der Waals surface area (Å²) >= 11 is 0. The van der Waals surface area contributed by atoms with Crippen molar-refractivity contribution in [3.8, 4) is 0 Å². The lowest BCUT2D eigenvalue weighted by atomic mass is 10.3. The molecule has 1 aliphatic rings. The van der Waals surface area contributed by atoms with Crippen LogP contribution in [-0.4, -0.2) is 14.5 Å². The van der Waals surface area contributed by atoms with Crippen LogP contribution in [0.3, 0.4) is 0 Å². The van der Waals surface area contributed by atoms with Gasteiger partial charge in [0.2, 0.25) is 5.95 Å². The average Bonchev–Trinajstić information content (AvgIpc) is 2.96. The van der Waals surface area contributed by atoms with E-state index in [1.54, 1.807) is 0 Å². The molecule has 15 heavy (non-hydrogen) atoms. The predicted molar refractivity (Wildman–Crippen MR) is 59.4 cm³/mol. The SMILES string of the molecule is Cc1ccnc2c1nc(N)n2CC1CC1. The minimum Gasteiger partial charge on any atom is -0.369 e. The minimum absolute atomic E-state index is 0.596. The molecule has 1 fully saturated rings. The van der Waals surface area contributed by atoms with Crippen LogP contribution in [0.2, 0.25) is 0 Å². The summed E-state index contributed by atoms with van der Waals surface area (Å²) in [7, 11) is 0. The molecule has 4 nitrogen and oxygen atoms in total. The molecule has 0 spiro atoms. The number of aryl methyl sites for hydroxylation is 1. The van der Waals surface area contributed by atoms with Crippen molar-refractivity contribution in [1.29, 1.82) is 0 Å². The molecule has 2 aromatic rings. The van der Waals surface area contributed by atoms with Crippen molar-refractivity contribution in [3.05, 3.63) is 17.8 Å². The van der Waals surface area contributed by atoms with Gasteiger partial charge in [-0.1, -0.05) is 0 Å². The third-order valence-electron chi connectivity index (χ3n) is 3.00. The number of rotatable bonds is 2. The maximum atomic E-state index is 5.91. The van der Waals surface area contributed by atoms with E-state index in [1.165, 1.54) is 12.8 Å². The second-order valence-corrected chi connectivity index (χ2v) is 4.32. The van der Waals surface area contributed by atoms with Crippen LogP contribution in [-0.2, 0) is 6.54 Å². The smallest absolute Gasteiger partial charge is 0.202 e. The quantitative estimate of drug-likeness (QED) is 0.806. The van der Waals surface area contributed by atoms with Crippen LogP contribution in [0.4, 0.5) is 5.95 Å². The summed E-state index contributed by atoms with van der Waals surface area (Å²) in [4.78, 5) is 8.74. The summed E-state index contributed by atoms with van der Waals surface area (Å²) in [5, 5.41) is 0. The van der Waals surface area contributed by atoms with Crippen LogP contribution in [0.15, 0.2) is 12.3 Å². The summed E-state index contributed by atoms with van der Waals surface area (Å²) < 4.78 is 2.04. The number of aromatic nitrogens is 3. The molecule has 0 aliphatic heterocycles. The molecule has 1 saturated carbocycles. The van der Waals surface area contributed by atoms with Crippen LogP contribution in [0.5, 0.6) is 0 Å². The van der Waals surface area contributed by atoms with E-state index in [1.807, 2.05) is 23.8 Å². The number of anilines is 1. The summed E-state index contributed by atoms with van der Waals surface area (Å²) in [5.74, 6) is 1.38. The lowest BCUT2D eigenvalue weighted by Crippen LogP contribution is -2.05. The van der Waals surface area contributed by atoms with E-state index in [0.29, 0.717) is 5.95 Å². The molecule has 0 atom stereocenters. The van der Waals surface area contributed by atoms with Crippen molar-refractivity contribution in [2.45, 2.75) is 26.3 Å². The van der Waals surface area contributed by atoms with Gasteiger partial charge in [-0.05, 0) is 37.3 Å². The van der Waals surface area contributed by atoms with E-state index in [-0.39, 0.29) is 0 Å². The van der Waals surface area contributed by atoms with Gasteiger partial charge in [0, 0.05) is 12.7 Å². The number of nitrogens with zero attached hydrogens (tertiary/aromatic N) is 3. The molecule has 0 amide bonds. The Labute approximate surface area is 88.1 Å². The Morgan fingerprint density at radius 1 is 1.53 bits per heavy atom. The third kappa shape index (κ3) is 1.37. The molecule has 0 aromatic carbocycles. The fourth-order valence-electron chi connectivity index (χ4n) is 1.89. The molecule has 2 heterocycles. The van der Waals surface area contributed by atoms with Crippen LogP contribution >= 0.6 is 0 Å². The minimum atomic E-state index is 0.596. The van der Waals surface area contributed by atoms with Gasteiger partial charge in [0.25, 0.3) is 0 Å². The highest BCUT2D eigenvalue weighted by Crippen LogP contribution is 2.32. The molecular formula is C11H14N4. The highest BCUT2D eigenvalue weighted by Gasteiger charge is 2.24. The fraction of sp³-hybridized carbons (Fsp3) is 0.455. The lowest BCUT2D eigenvalue weighted by Gasteiger charge is -2.03. The van der Waals surface area contributed by atoms with Gasteiger partial charge in [-0.25, -0.2) is 9.97 Å². The van der Waals surface area contributed by atoms with E-state index in [2.05, 4.69) is 9.97 Å². The fourth-order valence-corrected chi connectivity index (χ4v) is 1.89. The van der Waals surface area contributed by atoms with Gasteiger partial charge in [-0.3, -0.25) is 4.57 Å². The van der Waals surface area contributed by atoms with E-state index in [4.69, 9.17) is 5.73 Å². The second-order valence-electron chi connectivity index (χ2n) is 4.32. The highest BCUT2D eigenvalue weighted by molar-refractivity contribution is 5.77. The highest BCUT2D eigenvalue weighted by atomic mass is 15.2. The third-order valence-corrected chi connectivity index (χ3v) is 3.00. The Morgan fingerprint density at radius 3 is 3.07 bits per heavy atom. The molecule has 78 valence electrons. The number of imidazole rings is 1. The van der Waals surface area contributed by atoms with Gasteiger partial charge in [-0.15, -0.1) is 0 Å². The molecule has 0 saturated heterocycles. The first-order chi connectivity index (χ1) is 7.25. The van der Waals surface area contributed by atoms with Crippen molar-refractivity contribution in [2.75, 3.05) is 5.73 Å². The first-order valence-corrected chi connectivity index (χ1v) is 5.33. The van der Waals surface area contributed by atoms with Gasteiger partial charge in [0.15, 0.2) is 5.65 Å². The Bertz CT molecular complexity index is 511. The van der Waals surface area contributed by atoms with Gasteiger partial charge in [0.05, 0.1) is 0 Å². The first-order valence-electron chi connectivity index (χ1n) is 5.33. The molecular weight excluding hydrogens is 188 g/mol. The second kappa shape index (κ2) is 2.95. The molecule has 0 unspecified atom stereocenters. The van der Waals surface area contributed by atoms with E-state index in [9.17, 15) is 0 Å². The topological polar surface area (TPSA) is 56.7 Å². The van der Waals surface area contributed by atoms with E-state index < -0.39 is 0 Å². The Kier molecular flexibility index (Phi) is 1.71. The molecule has 3 rings (SSSR count). The van der Waals surface area contributed by atoms with Crippen LogP contribution in [0.1, 0.15) is 18.4 Å². The van der Waals surface area contributed by atoms with Crippen molar-refractivity contribution in [2.24, 2.45) is 5.92 Å². The lowest BCUT2D eigenvalue weighted by molar-refractivity contribution is 0.646. The average molecular weight is 202 g/mol. The maximum absolute atomic E-state index is 5.91.